The Labute approximate surface area is 154 Å². The molecule has 0 amide bonds. The van der Waals surface area contributed by atoms with Gasteiger partial charge in [0.05, 0.1) is 29.0 Å². The number of fused-ring (bicyclic) bond motifs is 1. The van der Waals surface area contributed by atoms with Gasteiger partial charge in [-0.2, -0.15) is 0 Å². The molecule has 0 saturated carbocycles. The van der Waals surface area contributed by atoms with E-state index in [2.05, 4.69) is 9.97 Å². The van der Waals surface area contributed by atoms with Crippen LogP contribution in [0.25, 0.3) is 16.6 Å². The van der Waals surface area contributed by atoms with E-state index in [1.165, 1.54) is 23.0 Å². The van der Waals surface area contributed by atoms with Gasteiger partial charge in [-0.25, -0.2) is 9.97 Å². The third kappa shape index (κ3) is 3.13. The number of hydrogen-bond donors (Lipinski definition) is 0. The molecule has 0 aliphatic carbocycles. The molecule has 1 saturated heterocycles. The van der Waals surface area contributed by atoms with Crippen molar-refractivity contribution in [2.45, 2.75) is 6.92 Å². The summed E-state index contributed by atoms with van der Waals surface area (Å²) in [5.41, 5.74) is 0.949. The lowest BCUT2D eigenvalue weighted by atomic mass is 10.2. The summed E-state index contributed by atoms with van der Waals surface area (Å²) in [4.78, 5) is 34.6. The van der Waals surface area contributed by atoms with Crippen LogP contribution in [0.3, 0.4) is 0 Å². The zero-order valence-corrected chi connectivity index (χ0v) is 14.7. The van der Waals surface area contributed by atoms with E-state index in [0.29, 0.717) is 43.2 Å². The molecule has 0 atom stereocenters. The van der Waals surface area contributed by atoms with Crippen LogP contribution in [-0.4, -0.2) is 45.8 Å². The maximum atomic E-state index is 12.9. The van der Waals surface area contributed by atoms with Gasteiger partial charge in [0.25, 0.3) is 11.2 Å². The third-order valence-corrected chi connectivity index (χ3v) is 4.52. The maximum Gasteiger partial charge on any atom is 0.293 e. The topological polar surface area (TPSA) is 103 Å². The van der Waals surface area contributed by atoms with Crippen molar-refractivity contribution in [3.05, 3.63) is 62.7 Å². The molecular formula is C18H17N5O4. The number of anilines is 1. The fraction of sp³-hybridized carbons (Fsp3) is 0.278. The van der Waals surface area contributed by atoms with E-state index >= 15 is 0 Å². The molecular weight excluding hydrogens is 350 g/mol. The van der Waals surface area contributed by atoms with Crippen LogP contribution in [0.15, 0.2) is 41.5 Å². The first kappa shape index (κ1) is 17.1. The normalized spacial score (nSPS) is 14.5. The third-order valence-electron chi connectivity index (χ3n) is 4.52. The van der Waals surface area contributed by atoms with E-state index in [1.54, 1.807) is 25.1 Å². The monoisotopic (exact) mass is 367 g/mol. The van der Waals surface area contributed by atoms with Gasteiger partial charge in [0.1, 0.15) is 5.69 Å². The van der Waals surface area contributed by atoms with Gasteiger partial charge in [-0.05, 0) is 24.6 Å². The Kier molecular flexibility index (Phi) is 4.28. The summed E-state index contributed by atoms with van der Waals surface area (Å²) in [6, 6.07) is 6.43. The minimum absolute atomic E-state index is 0.123. The van der Waals surface area contributed by atoms with E-state index in [1.807, 2.05) is 4.90 Å². The zero-order valence-electron chi connectivity index (χ0n) is 14.7. The van der Waals surface area contributed by atoms with Crippen LogP contribution in [0.1, 0.15) is 5.56 Å². The second-order valence-corrected chi connectivity index (χ2v) is 6.31. The molecule has 0 N–H and O–H groups in total. The lowest BCUT2D eigenvalue weighted by Gasteiger charge is -2.26. The Balaban J connectivity index is 1.82. The Morgan fingerprint density at radius 2 is 2.00 bits per heavy atom. The van der Waals surface area contributed by atoms with Crippen molar-refractivity contribution in [2.75, 3.05) is 31.2 Å². The van der Waals surface area contributed by atoms with E-state index in [4.69, 9.17) is 4.74 Å². The number of morpholine rings is 1. The summed E-state index contributed by atoms with van der Waals surface area (Å²) in [5.74, 6) is 0.546. The molecule has 3 aromatic rings. The first-order valence-electron chi connectivity index (χ1n) is 8.51. The maximum absolute atomic E-state index is 12.9. The van der Waals surface area contributed by atoms with Crippen molar-refractivity contribution in [2.24, 2.45) is 0 Å². The standard InChI is InChI=1S/C18H17N5O4/c1-12-2-3-15(16(10-12)23(25)26)22-5-4-14-13(17(22)24)11-19-18(20-14)21-6-8-27-9-7-21/h2-5,10-11H,6-9H2,1H3. The minimum atomic E-state index is -0.489. The highest BCUT2D eigenvalue weighted by Gasteiger charge is 2.19. The van der Waals surface area contributed by atoms with Crippen molar-refractivity contribution < 1.29 is 9.66 Å². The summed E-state index contributed by atoms with van der Waals surface area (Å²) < 4.78 is 6.59. The number of aromatic nitrogens is 3. The molecule has 1 aliphatic heterocycles. The Hall–Kier alpha value is -3.33. The van der Waals surface area contributed by atoms with Gasteiger partial charge in [-0.3, -0.25) is 19.5 Å². The quantitative estimate of drug-likeness (QED) is 0.514. The average Bonchev–Trinajstić information content (AvgIpc) is 2.69. The molecule has 4 rings (SSSR count). The molecule has 9 nitrogen and oxygen atoms in total. The molecule has 1 fully saturated rings. The van der Waals surface area contributed by atoms with Crippen LogP contribution in [0, 0.1) is 17.0 Å². The van der Waals surface area contributed by atoms with Gasteiger partial charge in [0, 0.05) is 31.5 Å². The molecule has 1 aliphatic rings. The predicted molar refractivity (Wildman–Crippen MR) is 99.6 cm³/mol. The van der Waals surface area contributed by atoms with Gasteiger partial charge in [0.15, 0.2) is 0 Å². The Bertz CT molecular complexity index is 1090. The summed E-state index contributed by atoms with van der Waals surface area (Å²) >= 11 is 0. The molecule has 9 heteroatoms. The van der Waals surface area contributed by atoms with Crippen molar-refractivity contribution >= 4 is 22.5 Å². The van der Waals surface area contributed by atoms with Gasteiger partial charge < -0.3 is 9.64 Å². The van der Waals surface area contributed by atoms with E-state index in [9.17, 15) is 14.9 Å². The number of nitrogens with zero attached hydrogens (tertiary/aromatic N) is 5. The second kappa shape index (κ2) is 6.76. The molecule has 138 valence electrons. The lowest BCUT2D eigenvalue weighted by molar-refractivity contribution is -0.384. The van der Waals surface area contributed by atoms with Crippen LogP contribution in [0.5, 0.6) is 0 Å². The van der Waals surface area contributed by atoms with Crippen LogP contribution < -0.4 is 10.5 Å². The summed E-state index contributed by atoms with van der Waals surface area (Å²) in [7, 11) is 0. The number of hydrogen-bond acceptors (Lipinski definition) is 7. The number of ether oxygens (including phenoxy) is 1. The molecule has 0 spiro atoms. The fourth-order valence-electron chi connectivity index (χ4n) is 3.11. The molecule has 27 heavy (non-hydrogen) atoms. The second-order valence-electron chi connectivity index (χ2n) is 6.31. The van der Waals surface area contributed by atoms with E-state index in [0.717, 1.165) is 5.56 Å². The minimum Gasteiger partial charge on any atom is -0.378 e. The number of nitro groups is 1. The van der Waals surface area contributed by atoms with Gasteiger partial charge >= 0.3 is 0 Å². The number of rotatable bonds is 3. The number of pyridine rings is 1. The average molecular weight is 367 g/mol. The number of aryl methyl sites for hydroxylation is 1. The summed E-state index contributed by atoms with van der Waals surface area (Å²) in [5, 5.41) is 11.7. The first-order chi connectivity index (χ1) is 13.0. The first-order valence-corrected chi connectivity index (χ1v) is 8.51. The molecule has 0 unspecified atom stereocenters. The molecule has 1 aromatic carbocycles. The SMILES string of the molecule is Cc1ccc(-n2ccc3nc(N4CCOCC4)ncc3c2=O)c([N+](=O)[O-])c1. The van der Waals surface area contributed by atoms with Crippen LogP contribution in [0.4, 0.5) is 11.6 Å². The highest BCUT2D eigenvalue weighted by atomic mass is 16.6. The summed E-state index contributed by atoms with van der Waals surface area (Å²) in [6.07, 6.45) is 2.99. The number of benzene rings is 1. The Morgan fingerprint density at radius 3 is 2.74 bits per heavy atom. The van der Waals surface area contributed by atoms with Crippen molar-refractivity contribution in [3.8, 4) is 5.69 Å². The van der Waals surface area contributed by atoms with Crippen LogP contribution in [-0.2, 0) is 4.74 Å². The van der Waals surface area contributed by atoms with Gasteiger partial charge in [-0.15, -0.1) is 0 Å². The van der Waals surface area contributed by atoms with Gasteiger partial charge in [0.2, 0.25) is 5.95 Å². The largest absolute Gasteiger partial charge is 0.378 e. The van der Waals surface area contributed by atoms with E-state index < -0.39 is 10.5 Å². The Morgan fingerprint density at radius 1 is 1.22 bits per heavy atom. The smallest absolute Gasteiger partial charge is 0.293 e. The molecule has 0 bridgehead atoms. The van der Waals surface area contributed by atoms with Crippen molar-refractivity contribution in [1.29, 1.82) is 0 Å². The zero-order chi connectivity index (χ0) is 19.0. The lowest BCUT2D eigenvalue weighted by Crippen LogP contribution is -2.37. The predicted octanol–water partition coefficient (Wildman–Crippen LogP) is 1.83. The van der Waals surface area contributed by atoms with Crippen LogP contribution in [0.2, 0.25) is 0 Å². The van der Waals surface area contributed by atoms with Crippen molar-refractivity contribution in [1.82, 2.24) is 14.5 Å². The van der Waals surface area contributed by atoms with Crippen molar-refractivity contribution in [3.63, 3.8) is 0 Å². The van der Waals surface area contributed by atoms with Crippen LogP contribution >= 0.6 is 0 Å². The summed E-state index contributed by atoms with van der Waals surface area (Å²) in [6.45, 7) is 4.37. The van der Waals surface area contributed by atoms with Gasteiger partial charge in [-0.1, -0.05) is 6.07 Å². The molecule has 0 radical (unpaired) electrons. The highest BCUT2D eigenvalue weighted by molar-refractivity contribution is 5.78. The molecule has 2 aromatic heterocycles. The molecule has 3 heterocycles. The highest BCUT2D eigenvalue weighted by Crippen LogP contribution is 2.24. The fourth-order valence-corrected chi connectivity index (χ4v) is 3.11. The van der Waals surface area contributed by atoms with E-state index in [-0.39, 0.29) is 11.4 Å². The number of nitro benzene ring substituents is 1.